The number of aliphatic hydroxyl groups is 1. The molecule has 2 fully saturated rings. The largest absolute Gasteiger partial charge is 0.397 e. The van der Waals surface area contributed by atoms with Gasteiger partial charge in [0, 0.05) is 48.4 Å². The number of ketones is 2. The normalized spacial score (nSPS) is 18.0. The van der Waals surface area contributed by atoms with Crippen LogP contribution in [0, 0.1) is 0 Å². The summed E-state index contributed by atoms with van der Waals surface area (Å²) in [6.07, 6.45) is 6.61. The maximum absolute atomic E-state index is 12.7. The molecule has 6 rings (SSSR count). The molecule has 1 N–H and O–H groups in total. The lowest BCUT2D eigenvalue weighted by atomic mass is 9.82. The lowest BCUT2D eigenvalue weighted by Crippen LogP contribution is -2.34. The lowest BCUT2D eigenvalue weighted by Gasteiger charge is -2.44. The molecule has 0 aromatic heterocycles. The van der Waals surface area contributed by atoms with E-state index in [4.69, 9.17) is 19.8 Å². The van der Waals surface area contributed by atoms with Crippen LogP contribution in [0.1, 0.15) is 267 Å². The summed E-state index contributed by atoms with van der Waals surface area (Å²) < 4.78 is 26.6. The smallest absolute Gasteiger partial charge is 0.354 e. The summed E-state index contributed by atoms with van der Waals surface area (Å²) in [6, 6.07) is 28.2. The van der Waals surface area contributed by atoms with Crippen molar-refractivity contribution >= 4 is 51.8 Å². The van der Waals surface area contributed by atoms with Crippen LogP contribution < -0.4 is 10.6 Å². The first-order chi connectivity index (χ1) is 36.8. The average molecular weight is 1130 g/mol. The Morgan fingerprint density at radius 1 is 0.557 bits per heavy atom. The third-order valence-corrected chi connectivity index (χ3v) is 22.4. The Labute approximate surface area is 483 Å². The Morgan fingerprint density at radius 3 is 1.03 bits per heavy atom. The topological polar surface area (TPSA) is 90.8 Å². The van der Waals surface area contributed by atoms with Crippen molar-refractivity contribution in [2.45, 2.75) is 260 Å². The van der Waals surface area contributed by atoms with Crippen LogP contribution in [-0.4, -0.2) is 62.5 Å². The van der Waals surface area contributed by atoms with Gasteiger partial charge in [-0.25, -0.2) is 0 Å². The summed E-state index contributed by atoms with van der Waals surface area (Å²) in [5.41, 5.74) is 21.9. The van der Waals surface area contributed by atoms with Crippen molar-refractivity contribution in [3.05, 3.63) is 112 Å². The van der Waals surface area contributed by atoms with Gasteiger partial charge in [0.2, 0.25) is 0 Å². The van der Waals surface area contributed by atoms with Crippen LogP contribution in [0.3, 0.4) is 0 Å². The highest BCUT2D eigenvalue weighted by Crippen LogP contribution is 2.66. The van der Waals surface area contributed by atoms with Gasteiger partial charge in [-0.3, -0.25) is 9.59 Å². The third-order valence-electron chi connectivity index (χ3n) is 15.1. The van der Waals surface area contributed by atoms with E-state index in [-0.39, 0.29) is 27.2 Å². The van der Waals surface area contributed by atoms with Gasteiger partial charge >= 0.3 is 7.56 Å². The van der Waals surface area contributed by atoms with E-state index in [0.29, 0.717) is 73.8 Å². The fourth-order valence-electron chi connectivity index (χ4n) is 11.7. The number of carbonyl (C=O) groups excluding carboxylic acids is 2. The van der Waals surface area contributed by atoms with E-state index in [1.54, 1.807) is 20.8 Å². The molecule has 2 atom stereocenters. The van der Waals surface area contributed by atoms with Gasteiger partial charge in [0.1, 0.15) is 11.6 Å². The molecular formula is C68H105BF3N2O3P2. The number of hydrogen-bond acceptors (Lipinski definition) is 3. The van der Waals surface area contributed by atoms with E-state index >= 15 is 0 Å². The molecule has 0 spiro atoms. The van der Waals surface area contributed by atoms with Gasteiger partial charge in [-0.15, -0.1) is 0 Å². The fourth-order valence-corrected chi connectivity index (χ4v) is 20.2. The summed E-state index contributed by atoms with van der Waals surface area (Å²) >= 11 is 0. The van der Waals surface area contributed by atoms with Gasteiger partial charge in [0.15, 0.2) is 0 Å². The highest BCUT2D eigenvalue weighted by Gasteiger charge is 2.47. The fraction of sp³-hybridized carbons (Fsp3) is 0.603. The number of nitrogens with zero attached hydrogens (tertiary/aromatic N) is 2. The van der Waals surface area contributed by atoms with Gasteiger partial charge in [0.05, 0.1) is 0 Å². The van der Waals surface area contributed by atoms with Crippen molar-refractivity contribution < 1.29 is 32.9 Å². The molecule has 0 saturated carbocycles. The summed E-state index contributed by atoms with van der Waals surface area (Å²) in [5.74, 6) is 3.70. The maximum Gasteiger partial charge on any atom is 0.354 e. The van der Waals surface area contributed by atoms with Crippen molar-refractivity contribution in [1.82, 2.24) is 0 Å². The first kappa shape index (κ1) is 73.3. The van der Waals surface area contributed by atoms with Gasteiger partial charge in [-0.2, -0.15) is 4.79 Å². The Morgan fingerprint density at radius 2 is 0.810 bits per heavy atom. The second-order valence-electron chi connectivity index (χ2n) is 25.7. The number of aliphatic hydroxyl groups excluding tert-OH is 1. The van der Waals surface area contributed by atoms with Crippen LogP contribution >= 0.6 is 15.8 Å². The Balaban J connectivity index is 0.000000648. The number of rotatable bonds is 11. The summed E-state index contributed by atoms with van der Waals surface area (Å²) in [4.78, 5) is 28.0. The predicted molar refractivity (Wildman–Crippen MR) is 343 cm³/mol. The van der Waals surface area contributed by atoms with Crippen molar-refractivity contribution in [1.29, 1.82) is 0 Å². The SMILES string of the molecule is CC(C)c1cc(C(C)C)c(-c2ccccc2P2C(C)(C)CCC(=O)CC2(C)C)c(C(C)C)c1.CC(C)c1cc(C(C)C)c(-c2ccccc2P2C(C)(C)CCC(=O)CC2(C)C)c(C(C)C)c1.CC=[N+]=[N-].CCO.CC[B]F.FF. The predicted octanol–water partition coefficient (Wildman–Crippen LogP) is 20.4. The molecule has 2 saturated heterocycles. The number of halogens is 3. The second kappa shape index (κ2) is 33.4. The molecule has 5 nitrogen and oxygen atoms in total. The van der Waals surface area contributed by atoms with Crippen LogP contribution in [-0.2, 0) is 9.59 Å². The minimum atomic E-state index is -0.555. The standard InChI is InChI=1S/2C31H45OP.C2H5BF.C2H4N2.C2H6O.F2/c2*1-20(2)23-17-26(21(3)4)29(27(18-23)22(5)6)25-13-11-12-14-28(25)33-30(7,8)16-15-24(32)19-31(33,9)10;1-2-3-4;1-2-4-3;1-2-3;1-2/h2*11-14,17-18,20-22H,15-16,19H2,1-10H3;2H2,1H3;2H,1H3;3H,2H2,1H3;. The quantitative estimate of drug-likeness (QED) is 0.0533. The van der Waals surface area contributed by atoms with Gasteiger partial charge in [-0.05, 0) is 148 Å². The summed E-state index contributed by atoms with van der Waals surface area (Å²) in [7, 11) is -0.486. The van der Waals surface area contributed by atoms with E-state index in [2.05, 4.69) is 216 Å². The number of hydrogen-bond donors (Lipinski definition) is 1. The van der Waals surface area contributed by atoms with Gasteiger partial charge in [0.25, 0.3) is 6.21 Å². The molecule has 4 aromatic rings. The summed E-state index contributed by atoms with van der Waals surface area (Å²) in [5, 5.41) is 10.7. The van der Waals surface area contributed by atoms with Crippen molar-refractivity contribution in [3.63, 3.8) is 0 Å². The molecule has 0 amide bonds. The first-order valence-corrected chi connectivity index (χ1v) is 31.9. The average Bonchev–Trinajstić information content (AvgIpc) is 3.55. The molecule has 4 aromatic carbocycles. The number of carbonyl (C=O) groups is 2. The molecule has 11 heteroatoms. The van der Waals surface area contributed by atoms with E-state index in [9.17, 15) is 13.9 Å². The zero-order chi connectivity index (χ0) is 61.0. The maximum atomic E-state index is 12.7. The molecule has 2 heterocycles. The molecular weight excluding hydrogens is 1020 g/mol. The van der Waals surface area contributed by atoms with E-state index in [1.807, 2.05) is 0 Å². The van der Waals surface area contributed by atoms with E-state index in [0.717, 1.165) is 25.7 Å². The third kappa shape index (κ3) is 20.3. The molecule has 0 aliphatic carbocycles. The molecule has 79 heavy (non-hydrogen) atoms. The number of Topliss-reactive ketones (excluding diaryl/α,β-unsaturated/α-hetero) is 2. The zero-order valence-corrected chi connectivity index (χ0v) is 55.2. The minimum Gasteiger partial charge on any atom is -0.397 e. The van der Waals surface area contributed by atoms with Crippen molar-refractivity contribution in [2.75, 3.05) is 6.61 Å². The molecule has 0 bridgehead atoms. The van der Waals surface area contributed by atoms with Crippen LogP contribution in [0.15, 0.2) is 72.8 Å². The molecule has 1 radical (unpaired) electrons. The van der Waals surface area contributed by atoms with Crippen LogP contribution in [0.25, 0.3) is 27.8 Å². The Kier molecular flexibility index (Phi) is 31.0. The van der Waals surface area contributed by atoms with E-state index in [1.165, 1.54) is 72.5 Å². The van der Waals surface area contributed by atoms with Gasteiger partial charge < -0.3 is 15.0 Å². The zero-order valence-electron chi connectivity index (χ0n) is 53.4. The van der Waals surface area contributed by atoms with Gasteiger partial charge in [-0.1, -0.05) is 234 Å². The highest BCUT2D eigenvalue weighted by atomic mass is 31.1. The Hall–Kier alpha value is -3.73. The van der Waals surface area contributed by atoms with Crippen LogP contribution in [0.4, 0.5) is 13.5 Å². The second-order valence-corrected chi connectivity index (χ2v) is 32.9. The monoisotopic (exact) mass is 1130 g/mol. The molecule has 2 unspecified atom stereocenters. The van der Waals surface area contributed by atoms with Crippen molar-refractivity contribution in [3.8, 4) is 22.3 Å². The van der Waals surface area contributed by atoms with E-state index < -0.39 is 15.8 Å². The Bertz CT molecular complexity index is 2350. The molecule has 439 valence electrons. The minimum absolute atomic E-state index is 0.0175. The van der Waals surface area contributed by atoms with Crippen molar-refractivity contribution in [2.24, 2.45) is 0 Å². The summed E-state index contributed by atoms with van der Waals surface area (Å²) in [6.45, 7) is 52.2. The van der Waals surface area contributed by atoms with Crippen LogP contribution in [0.2, 0.25) is 6.32 Å². The first-order valence-electron chi connectivity index (χ1n) is 29.2. The lowest BCUT2D eigenvalue weighted by molar-refractivity contribution is -0.120. The molecule has 2 aliphatic rings. The number of benzene rings is 4. The van der Waals surface area contributed by atoms with Crippen LogP contribution in [0.5, 0.6) is 0 Å². The molecule has 2 aliphatic heterocycles. The highest BCUT2D eigenvalue weighted by molar-refractivity contribution is 7.69.